The first-order valence-electron chi connectivity index (χ1n) is 17.8. The third kappa shape index (κ3) is 18.5. The molecule has 0 aliphatic rings. The number of hydrogen-bond acceptors (Lipinski definition) is 12. The van der Waals surface area contributed by atoms with Gasteiger partial charge < -0.3 is 58.7 Å². The first-order chi connectivity index (χ1) is 27.1. The van der Waals surface area contributed by atoms with E-state index in [-0.39, 0.29) is 50.7 Å². The fourth-order valence-corrected chi connectivity index (χ4v) is 4.89. The smallest absolute Gasteiger partial charge is 0.359 e. The lowest BCUT2D eigenvalue weighted by molar-refractivity contribution is -0.142. The fourth-order valence-electron chi connectivity index (χ4n) is 4.89. The molecule has 1 aromatic carbocycles. The molecule has 0 saturated heterocycles. The van der Waals surface area contributed by atoms with Crippen LogP contribution in [0.15, 0.2) is 63.9 Å². The minimum atomic E-state index is -1.60. The molecule has 2 rings (SSSR count). The molecular weight excluding hydrogens is 748 g/mol. The number of nitrogens with zero attached hydrogens (tertiary/aromatic N) is 4. The highest BCUT2D eigenvalue weighted by atomic mass is 16.5. The Labute approximate surface area is 327 Å². The van der Waals surface area contributed by atoms with Gasteiger partial charge in [0.05, 0.1) is 19.6 Å². The third-order valence-electron chi connectivity index (χ3n) is 7.78. The molecule has 1 heterocycles. The molecule has 0 aliphatic heterocycles. The van der Waals surface area contributed by atoms with Gasteiger partial charge in [0.15, 0.2) is 11.8 Å². The number of aromatic nitrogens is 1. The number of nitrogens with two attached hydrogens (primary N) is 3. The Bertz CT molecular complexity index is 1720. The number of pyridine rings is 1. The Morgan fingerprint density at radius 3 is 2.12 bits per heavy atom. The second-order valence-electron chi connectivity index (χ2n) is 12.7. The van der Waals surface area contributed by atoms with E-state index in [0.717, 1.165) is 0 Å². The van der Waals surface area contributed by atoms with Crippen LogP contribution < -0.4 is 48.5 Å². The summed E-state index contributed by atoms with van der Waals surface area (Å²) in [7, 11) is 0. The van der Waals surface area contributed by atoms with Gasteiger partial charge in [-0.1, -0.05) is 37.2 Å². The predicted molar refractivity (Wildman–Crippen MR) is 204 cm³/mol. The van der Waals surface area contributed by atoms with Gasteiger partial charge in [0.1, 0.15) is 29.9 Å². The van der Waals surface area contributed by atoms with Crippen molar-refractivity contribution in [2.75, 3.05) is 26.2 Å². The summed E-state index contributed by atoms with van der Waals surface area (Å²) < 4.78 is 5.73. The van der Waals surface area contributed by atoms with Crippen LogP contribution in [0.1, 0.15) is 45.1 Å². The number of amides is 6. The van der Waals surface area contributed by atoms with Gasteiger partial charge in [0.25, 0.3) is 0 Å². The standard InChI is InChI=1S/C35H50N12O10/c1-20(2)29(32(53)43-23(33(54)55)7-5-14-40-34(37)38)45-31(52)24(44-30(51)25(18-28(49)50)42-27(48)19-36)17-21-9-11-22(12-10-21)57-16-6-15-41-35(56)47-46-26-8-3-4-13-39-26/h3-4,8-13,20,23-25,29H,5-7,14-19,36H2,1-2H3,(H,41,56)(H,42,48)(H,43,53)(H,44,51)(H,45,52)(H,49,50)(H,54,55)(H4,37,38,40)/b47-46+/t23-,24-,25-,29-/m0/s1. The van der Waals surface area contributed by atoms with E-state index >= 15 is 0 Å². The Morgan fingerprint density at radius 2 is 1.53 bits per heavy atom. The molecule has 22 nitrogen and oxygen atoms in total. The lowest BCUT2D eigenvalue weighted by Crippen LogP contribution is -2.59. The summed E-state index contributed by atoms with van der Waals surface area (Å²) in [4.78, 5) is 95.4. The van der Waals surface area contributed by atoms with Crippen LogP contribution in [0.25, 0.3) is 0 Å². The molecule has 13 N–H and O–H groups in total. The van der Waals surface area contributed by atoms with Gasteiger partial charge in [-0.25, -0.2) is 14.6 Å². The fraction of sp³-hybridized carbons (Fsp3) is 0.457. The molecule has 0 saturated carbocycles. The van der Waals surface area contributed by atoms with Gasteiger partial charge in [-0.05, 0) is 55.0 Å². The number of guanidine groups is 1. The molecule has 0 bridgehead atoms. The summed E-state index contributed by atoms with van der Waals surface area (Å²) in [5, 5.41) is 38.6. The van der Waals surface area contributed by atoms with Crippen molar-refractivity contribution in [1.29, 1.82) is 0 Å². The zero-order valence-electron chi connectivity index (χ0n) is 31.6. The van der Waals surface area contributed by atoms with Gasteiger partial charge in [0.2, 0.25) is 23.6 Å². The first-order valence-corrected chi connectivity index (χ1v) is 17.8. The molecule has 0 fully saturated rings. The van der Waals surface area contributed by atoms with E-state index in [1.807, 2.05) is 0 Å². The van der Waals surface area contributed by atoms with E-state index in [1.54, 1.807) is 56.3 Å². The second-order valence-corrected chi connectivity index (χ2v) is 12.7. The summed E-state index contributed by atoms with van der Waals surface area (Å²) >= 11 is 0. The largest absolute Gasteiger partial charge is 0.494 e. The number of benzene rings is 1. The number of carboxylic acid groups (broad SMARTS) is 2. The van der Waals surface area contributed by atoms with Gasteiger partial charge in [0, 0.05) is 25.7 Å². The maximum atomic E-state index is 13.8. The average Bonchev–Trinajstić information content (AvgIpc) is 3.16. The molecule has 0 radical (unpaired) electrons. The van der Waals surface area contributed by atoms with E-state index in [1.165, 1.54) is 6.20 Å². The Kier molecular flexibility index (Phi) is 20.1. The van der Waals surface area contributed by atoms with Crippen molar-refractivity contribution < 1.29 is 48.5 Å². The monoisotopic (exact) mass is 798 g/mol. The number of hydrogen-bond donors (Lipinski definition) is 10. The number of azo groups is 1. The van der Waals surface area contributed by atoms with Gasteiger partial charge in [-0.15, -0.1) is 5.11 Å². The minimum absolute atomic E-state index is 0.0227. The maximum absolute atomic E-state index is 13.8. The number of carboxylic acids is 2. The zero-order valence-corrected chi connectivity index (χ0v) is 31.6. The number of rotatable bonds is 24. The number of carbonyl (C=O) groups excluding carboxylic acids is 5. The topological polar surface area (TPSA) is 357 Å². The van der Waals surface area contributed by atoms with Crippen LogP contribution in [0.5, 0.6) is 5.75 Å². The van der Waals surface area contributed by atoms with E-state index in [0.29, 0.717) is 17.7 Å². The van der Waals surface area contributed by atoms with Gasteiger partial charge in [-0.3, -0.25) is 29.0 Å². The second kappa shape index (κ2) is 24.6. The molecule has 0 aliphatic carbocycles. The number of ether oxygens (including phenoxy) is 1. The van der Waals surface area contributed by atoms with E-state index < -0.39 is 84.6 Å². The minimum Gasteiger partial charge on any atom is -0.494 e. The highest BCUT2D eigenvalue weighted by Gasteiger charge is 2.33. The van der Waals surface area contributed by atoms with Crippen LogP contribution in [0.2, 0.25) is 0 Å². The highest BCUT2D eigenvalue weighted by molar-refractivity contribution is 5.96. The van der Waals surface area contributed by atoms with Crippen LogP contribution >= 0.6 is 0 Å². The molecular formula is C35H50N12O10. The van der Waals surface area contributed by atoms with Crippen molar-refractivity contribution in [2.24, 2.45) is 38.3 Å². The van der Waals surface area contributed by atoms with Gasteiger partial charge >= 0.3 is 18.0 Å². The number of aliphatic carboxylic acids is 2. The number of aliphatic imine (C=N–C) groups is 1. The van der Waals surface area contributed by atoms with Crippen molar-refractivity contribution in [1.82, 2.24) is 31.6 Å². The number of carbonyl (C=O) groups is 7. The van der Waals surface area contributed by atoms with Crippen LogP contribution in [0, 0.1) is 5.92 Å². The molecule has 0 spiro atoms. The molecule has 22 heteroatoms. The molecule has 310 valence electrons. The van der Waals surface area contributed by atoms with E-state index in [4.69, 9.17) is 21.9 Å². The van der Waals surface area contributed by atoms with Crippen LogP contribution in [-0.2, 0) is 35.2 Å². The highest BCUT2D eigenvalue weighted by Crippen LogP contribution is 2.15. The summed E-state index contributed by atoms with van der Waals surface area (Å²) in [6.45, 7) is 3.27. The first kappa shape index (κ1) is 46.4. The van der Waals surface area contributed by atoms with Crippen LogP contribution in [0.4, 0.5) is 10.6 Å². The number of nitrogens with one attached hydrogen (secondary N) is 5. The summed E-state index contributed by atoms with van der Waals surface area (Å²) in [6, 6.07) is 5.16. The quantitative estimate of drug-likeness (QED) is 0.0265. The van der Waals surface area contributed by atoms with E-state index in [9.17, 15) is 43.8 Å². The van der Waals surface area contributed by atoms with Crippen LogP contribution in [-0.4, -0.2) is 113 Å². The van der Waals surface area contributed by atoms with Crippen molar-refractivity contribution in [3.63, 3.8) is 0 Å². The molecule has 2 aromatic rings. The summed E-state index contributed by atoms with van der Waals surface area (Å²) in [6.07, 6.45) is 1.15. The van der Waals surface area contributed by atoms with Crippen molar-refractivity contribution >= 4 is 53.4 Å². The average molecular weight is 799 g/mol. The summed E-state index contributed by atoms with van der Waals surface area (Å²) in [5.41, 5.74) is 16.4. The SMILES string of the molecule is CC(C)[C@H](NC(=O)[C@H](Cc1ccc(OCCCNC(=O)/N=N/c2ccccn2)cc1)NC(=O)[C@H](CC(=O)O)NC(=O)CN)C(=O)N[C@@H](CCCN=C(N)N)C(=O)O. The van der Waals surface area contributed by atoms with E-state index in [2.05, 4.69) is 46.8 Å². The normalized spacial score (nSPS) is 13.0. The van der Waals surface area contributed by atoms with Crippen molar-refractivity contribution in [2.45, 2.75) is 70.1 Å². The van der Waals surface area contributed by atoms with Crippen molar-refractivity contribution in [3.05, 3.63) is 54.2 Å². The Hall–Kier alpha value is -6.71. The molecule has 57 heavy (non-hydrogen) atoms. The molecule has 1 aromatic heterocycles. The Morgan fingerprint density at radius 1 is 0.842 bits per heavy atom. The Balaban J connectivity index is 2.16. The lowest BCUT2D eigenvalue weighted by Gasteiger charge is -2.27. The molecule has 4 atom stereocenters. The molecule has 6 amide bonds. The number of urea groups is 1. The third-order valence-corrected chi connectivity index (χ3v) is 7.78. The van der Waals surface area contributed by atoms with Crippen molar-refractivity contribution in [3.8, 4) is 5.75 Å². The maximum Gasteiger partial charge on any atom is 0.359 e. The van der Waals surface area contributed by atoms with Crippen LogP contribution in [0.3, 0.4) is 0 Å². The lowest BCUT2D eigenvalue weighted by atomic mass is 10.00. The zero-order chi connectivity index (χ0) is 42.3. The molecule has 0 unspecified atom stereocenters. The summed E-state index contributed by atoms with van der Waals surface area (Å²) in [5.74, 6) is -6.25. The predicted octanol–water partition coefficient (Wildman–Crippen LogP) is -0.947. The van der Waals surface area contributed by atoms with Gasteiger partial charge in [-0.2, -0.15) is 0 Å².